The normalized spacial score (nSPS) is 11.6. The Bertz CT molecular complexity index is 983. The van der Waals surface area contributed by atoms with E-state index >= 15 is 0 Å². The predicted molar refractivity (Wildman–Crippen MR) is 89.7 cm³/mol. The molecule has 0 saturated heterocycles. The molecule has 0 spiro atoms. The molecule has 0 N–H and O–H groups in total. The minimum Gasteiger partial charge on any atom is -0.485 e. The smallest absolute Gasteiger partial charge is 0.471 e. The molecule has 0 radical (unpaired) electrons. The largest absolute Gasteiger partial charge is 0.485 e. The molecule has 0 aliphatic carbocycles. The van der Waals surface area contributed by atoms with Crippen molar-refractivity contribution in [1.82, 2.24) is 19.9 Å². The van der Waals surface area contributed by atoms with Crippen molar-refractivity contribution in [2.45, 2.75) is 12.7 Å². The Kier molecular flexibility index (Phi) is 5.73. The highest BCUT2D eigenvalue weighted by Crippen LogP contribution is 2.29. The standard InChI is InChI=1S/C17H15F3N4O4/c1-26-8-9-27-13-6-7-21-24(15(13)25)10-11-2-4-12(5-3-11)14-22-16(28-23-14)17(18,19)20/h2-7H,8-10H2,1H3. The number of halogens is 3. The Balaban J connectivity index is 1.73. The van der Waals surface area contributed by atoms with Crippen LogP contribution in [0.3, 0.4) is 0 Å². The molecule has 28 heavy (non-hydrogen) atoms. The van der Waals surface area contributed by atoms with Crippen LogP contribution in [0, 0.1) is 0 Å². The lowest BCUT2D eigenvalue weighted by atomic mass is 10.1. The number of methoxy groups -OCH3 is 1. The molecule has 2 heterocycles. The highest BCUT2D eigenvalue weighted by molar-refractivity contribution is 5.54. The van der Waals surface area contributed by atoms with Gasteiger partial charge in [0.15, 0.2) is 5.75 Å². The van der Waals surface area contributed by atoms with Gasteiger partial charge in [-0.15, -0.1) is 0 Å². The van der Waals surface area contributed by atoms with Crippen molar-refractivity contribution in [2.75, 3.05) is 20.3 Å². The molecule has 148 valence electrons. The zero-order valence-electron chi connectivity index (χ0n) is 14.6. The highest BCUT2D eigenvalue weighted by Gasteiger charge is 2.38. The molecular formula is C17H15F3N4O4. The number of ether oxygens (including phenoxy) is 2. The molecule has 0 aliphatic heterocycles. The monoisotopic (exact) mass is 396 g/mol. The first-order valence-corrected chi connectivity index (χ1v) is 8.06. The van der Waals surface area contributed by atoms with Crippen LogP contribution in [0.25, 0.3) is 11.4 Å². The van der Waals surface area contributed by atoms with Crippen LogP contribution >= 0.6 is 0 Å². The molecule has 1 aromatic carbocycles. The van der Waals surface area contributed by atoms with Gasteiger partial charge in [-0.3, -0.25) is 4.79 Å². The molecule has 0 fully saturated rings. The first kappa shape index (κ1) is 19.5. The summed E-state index contributed by atoms with van der Waals surface area (Å²) < 4.78 is 53.3. The predicted octanol–water partition coefficient (Wildman–Crippen LogP) is 2.39. The third kappa shape index (κ3) is 4.55. The van der Waals surface area contributed by atoms with Gasteiger partial charge in [-0.05, 0) is 5.56 Å². The molecule has 0 bridgehead atoms. The second-order valence-electron chi connectivity index (χ2n) is 5.62. The lowest BCUT2D eigenvalue weighted by molar-refractivity contribution is -0.159. The van der Waals surface area contributed by atoms with Crippen LogP contribution in [0.15, 0.2) is 45.8 Å². The van der Waals surface area contributed by atoms with Crippen molar-refractivity contribution in [3.63, 3.8) is 0 Å². The fraction of sp³-hybridized carbons (Fsp3) is 0.294. The van der Waals surface area contributed by atoms with Gasteiger partial charge in [0.05, 0.1) is 19.3 Å². The molecule has 0 amide bonds. The molecule has 8 nitrogen and oxygen atoms in total. The number of aromatic nitrogens is 4. The van der Waals surface area contributed by atoms with E-state index in [1.54, 1.807) is 12.1 Å². The van der Waals surface area contributed by atoms with Gasteiger partial charge in [0, 0.05) is 18.7 Å². The van der Waals surface area contributed by atoms with Crippen LogP contribution in [0.2, 0.25) is 0 Å². The Labute approximate surface area is 156 Å². The van der Waals surface area contributed by atoms with Gasteiger partial charge >= 0.3 is 17.6 Å². The van der Waals surface area contributed by atoms with Gasteiger partial charge in [-0.2, -0.15) is 23.3 Å². The maximum atomic E-state index is 12.5. The third-order valence-electron chi connectivity index (χ3n) is 3.64. The van der Waals surface area contributed by atoms with Crippen LogP contribution in [-0.4, -0.2) is 40.2 Å². The quantitative estimate of drug-likeness (QED) is 0.566. The minimum atomic E-state index is -4.70. The van der Waals surface area contributed by atoms with Crippen molar-refractivity contribution in [3.05, 3.63) is 58.3 Å². The second kappa shape index (κ2) is 8.21. The average molecular weight is 396 g/mol. The topological polar surface area (TPSA) is 92.3 Å². The van der Waals surface area contributed by atoms with Crippen LogP contribution < -0.4 is 10.3 Å². The number of nitrogens with zero attached hydrogens (tertiary/aromatic N) is 4. The van der Waals surface area contributed by atoms with E-state index < -0.39 is 17.6 Å². The first-order valence-electron chi connectivity index (χ1n) is 8.06. The number of rotatable bonds is 7. The van der Waals surface area contributed by atoms with E-state index in [1.807, 2.05) is 0 Å². The van der Waals surface area contributed by atoms with Crippen molar-refractivity contribution in [1.29, 1.82) is 0 Å². The minimum absolute atomic E-state index is 0.148. The van der Waals surface area contributed by atoms with E-state index in [2.05, 4.69) is 19.8 Å². The molecule has 0 unspecified atom stereocenters. The van der Waals surface area contributed by atoms with Crippen molar-refractivity contribution in [3.8, 4) is 17.1 Å². The molecule has 2 aromatic heterocycles. The molecular weight excluding hydrogens is 381 g/mol. The number of benzene rings is 1. The van der Waals surface area contributed by atoms with Crippen molar-refractivity contribution >= 4 is 0 Å². The lowest BCUT2D eigenvalue weighted by Crippen LogP contribution is -2.25. The van der Waals surface area contributed by atoms with Gasteiger partial charge in [-0.1, -0.05) is 29.4 Å². The summed E-state index contributed by atoms with van der Waals surface area (Å²) in [7, 11) is 1.52. The van der Waals surface area contributed by atoms with E-state index in [9.17, 15) is 18.0 Å². The highest BCUT2D eigenvalue weighted by atomic mass is 19.4. The number of hydrogen-bond acceptors (Lipinski definition) is 7. The molecule has 3 rings (SSSR count). The van der Waals surface area contributed by atoms with Crippen molar-refractivity contribution in [2.24, 2.45) is 0 Å². The molecule has 0 saturated carbocycles. The third-order valence-corrected chi connectivity index (χ3v) is 3.64. The zero-order valence-corrected chi connectivity index (χ0v) is 14.6. The number of alkyl halides is 3. The summed E-state index contributed by atoms with van der Waals surface area (Å²) in [5, 5.41) is 7.33. The SMILES string of the molecule is COCCOc1ccnn(Cc2ccc(-c3noc(C(F)(F)F)n3)cc2)c1=O. The fourth-order valence-electron chi connectivity index (χ4n) is 2.28. The molecule has 3 aromatic rings. The molecule has 0 atom stereocenters. The van der Waals surface area contributed by atoms with Crippen LogP contribution in [0.4, 0.5) is 13.2 Å². The summed E-state index contributed by atoms with van der Waals surface area (Å²) in [5.74, 6) is -1.44. The Morgan fingerprint density at radius 1 is 1.14 bits per heavy atom. The van der Waals surface area contributed by atoms with Crippen LogP contribution in [0.5, 0.6) is 5.75 Å². The Morgan fingerprint density at radius 2 is 1.89 bits per heavy atom. The van der Waals surface area contributed by atoms with E-state index in [-0.39, 0.29) is 24.7 Å². The van der Waals surface area contributed by atoms with E-state index in [0.29, 0.717) is 17.7 Å². The van der Waals surface area contributed by atoms with Gasteiger partial charge in [0.2, 0.25) is 5.82 Å². The Morgan fingerprint density at radius 3 is 2.54 bits per heavy atom. The fourth-order valence-corrected chi connectivity index (χ4v) is 2.28. The maximum Gasteiger partial charge on any atom is 0.471 e. The van der Waals surface area contributed by atoms with Crippen molar-refractivity contribution < 1.29 is 27.2 Å². The van der Waals surface area contributed by atoms with Gasteiger partial charge in [0.25, 0.3) is 0 Å². The summed E-state index contributed by atoms with van der Waals surface area (Å²) in [6, 6.07) is 7.79. The van der Waals surface area contributed by atoms with Crippen LogP contribution in [-0.2, 0) is 17.5 Å². The zero-order chi connectivity index (χ0) is 20.1. The van der Waals surface area contributed by atoms with Gasteiger partial charge in [0.1, 0.15) is 6.61 Å². The van der Waals surface area contributed by atoms with E-state index in [1.165, 1.54) is 36.2 Å². The lowest BCUT2D eigenvalue weighted by Gasteiger charge is -2.08. The maximum absolute atomic E-state index is 12.5. The summed E-state index contributed by atoms with van der Waals surface area (Å²) in [5.41, 5.74) is 0.641. The first-order chi connectivity index (χ1) is 13.4. The molecule has 0 aliphatic rings. The van der Waals surface area contributed by atoms with Gasteiger partial charge in [-0.25, -0.2) is 4.68 Å². The van der Waals surface area contributed by atoms with Gasteiger partial charge < -0.3 is 14.0 Å². The Hall–Kier alpha value is -3.21. The van der Waals surface area contributed by atoms with E-state index in [0.717, 1.165) is 0 Å². The van der Waals surface area contributed by atoms with E-state index in [4.69, 9.17) is 9.47 Å². The summed E-state index contributed by atoms with van der Waals surface area (Å²) >= 11 is 0. The summed E-state index contributed by atoms with van der Waals surface area (Å²) in [6.07, 6.45) is -3.26. The number of hydrogen-bond donors (Lipinski definition) is 0. The second-order valence-corrected chi connectivity index (χ2v) is 5.62. The van der Waals surface area contributed by atoms with Crippen LogP contribution in [0.1, 0.15) is 11.5 Å². The summed E-state index contributed by atoms with van der Waals surface area (Å²) in [4.78, 5) is 15.7. The summed E-state index contributed by atoms with van der Waals surface area (Å²) in [6.45, 7) is 0.727. The molecule has 11 heteroatoms. The average Bonchev–Trinajstić information content (AvgIpc) is 3.16.